The van der Waals surface area contributed by atoms with Crippen LogP contribution in [0.15, 0.2) is 48.5 Å². The van der Waals surface area contributed by atoms with Crippen molar-refractivity contribution in [3.05, 3.63) is 59.1 Å². The third-order valence-corrected chi connectivity index (χ3v) is 4.52. The summed E-state index contributed by atoms with van der Waals surface area (Å²) in [6.07, 6.45) is 0. The summed E-state index contributed by atoms with van der Waals surface area (Å²) in [6, 6.07) is 15.9. The summed E-state index contributed by atoms with van der Waals surface area (Å²) < 4.78 is 5.40. The fourth-order valence-electron chi connectivity index (χ4n) is 2.68. The van der Waals surface area contributed by atoms with Gasteiger partial charge in [-0.1, -0.05) is 35.9 Å². The van der Waals surface area contributed by atoms with Crippen LogP contribution < -0.4 is 15.5 Å². The Balaban J connectivity index is 1.53. The van der Waals surface area contributed by atoms with Gasteiger partial charge in [-0.05, 0) is 36.5 Å². The standard InChI is InChI=1S/C18H20ClN3OS/c19-16-3-1-2-4-17(16)21-18(24)20-15-7-5-14(6-8-15)13-22-9-11-23-12-10-22/h1-8H,9-13H2,(H2,20,21,24)/p+1. The minimum Gasteiger partial charge on any atom is -0.370 e. The Morgan fingerprint density at radius 1 is 1.04 bits per heavy atom. The maximum absolute atomic E-state index is 6.12. The monoisotopic (exact) mass is 362 g/mol. The van der Waals surface area contributed by atoms with Crippen molar-refractivity contribution in [3.63, 3.8) is 0 Å². The summed E-state index contributed by atoms with van der Waals surface area (Å²) >= 11 is 11.5. The molecule has 3 rings (SSSR count). The highest BCUT2D eigenvalue weighted by atomic mass is 35.5. The van der Waals surface area contributed by atoms with Crippen LogP contribution in [0.25, 0.3) is 0 Å². The molecule has 126 valence electrons. The van der Waals surface area contributed by atoms with E-state index in [4.69, 9.17) is 28.6 Å². The van der Waals surface area contributed by atoms with Crippen molar-refractivity contribution in [1.82, 2.24) is 0 Å². The molecule has 4 nitrogen and oxygen atoms in total. The van der Waals surface area contributed by atoms with Gasteiger partial charge in [-0.2, -0.15) is 0 Å². The van der Waals surface area contributed by atoms with E-state index < -0.39 is 0 Å². The SMILES string of the molecule is S=C(Nc1ccc(C[NH+]2CCOCC2)cc1)Nc1ccccc1Cl. The first-order valence-corrected chi connectivity index (χ1v) is 8.82. The molecule has 1 saturated heterocycles. The molecule has 1 fully saturated rings. The van der Waals surface area contributed by atoms with Crippen molar-refractivity contribution in [3.8, 4) is 0 Å². The van der Waals surface area contributed by atoms with E-state index in [0.717, 1.165) is 44.2 Å². The number of para-hydroxylation sites is 1. The smallest absolute Gasteiger partial charge is 0.175 e. The van der Waals surface area contributed by atoms with Crippen LogP contribution in [0.2, 0.25) is 5.02 Å². The van der Waals surface area contributed by atoms with Crippen LogP contribution in [-0.4, -0.2) is 31.4 Å². The second kappa shape index (κ2) is 8.44. The molecule has 0 aromatic heterocycles. The fourth-order valence-corrected chi connectivity index (χ4v) is 3.09. The van der Waals surface area contributed by atoms with Crippen LogP contribution in [-0.2, 0) is 11.3 Å². The molecule has 1 heterocycles. The molecular formula is C18H21ClN3OS+. The average Bonchev–Trinajstić information content (AvgIpc) is 2.60. The molecular weight excluding hydrogens is 342 g/mol. The van der Waals surface area contributed by atoms with Crippen LogP contribution in [0, 0.1) is 0 Å². The molecule has 3 N–H and O–H groups in total. The minimum absolute atomic E-state index is 0.523. The predicted molar refractivity (Wildman–Crippen MR) is 103 cm³/mol. The van der Waals surface area contributed by atoms with Gasteiger partial charge in [-0.3, -0.25) is 0 Å². The zero-order chi connectivity index (χ0) is 16.8. The topological polar surface area (TPSA) is 37.7 Å². The highest BCUT2D eigenvalue weighted by Gasteiger charge is 2.13. The zero-order valence-electron chi connectivity index (χ0n) is 13.3. The number of quaternary nitrogens is 1. The van der Waals surface area contributed by atoms with Gasteiger partial charge in [0.1, 0.15) is 19.6 Å². The summed E-state index contributed by atoms with van der Waals surface area (Å²) in [5.74, 6) is 0. The van der Waals surface area contributed by atoms with Gasteiger partial charge in [0, 0.05) is 11.3 Å². The van der Waals surface area contributed by atoms with Gasteiger partial charge in [-0.15, -0.1) is 0 Å². The molecule has 0 aliphatic carbocycles. The van der Waals surface area contributed by atoms with Crippen LogP contribution in [0.1, 0.15) is 5.56 Å². The predicted octanol–water partition coefficient (Wildman–Crippen LogP) is 2.56. The first-order chi connectivity index (χ1) is 11.7. The number of nitrogens with one attached hydrogen (secondary N) is 3. The molecule has 2 aromatic carbocycles. The molecule has 0 amide bonds. The maximum atomic E-state index is 6.12. The first-order valence-electron chi connectivity index (χ1n) is 8.03. The molecule has 2 aromatic rings. The first kappa shape index (κ1) is 17.2. The number of morpholine rings is 1. The van der Waals surface area contributed by atoms with Crippen molar-refractivity contribution in [2.24, 2.45) is 0 Å². The lowest BCUT2D eigenvalue weighted by Crippen LogP contribution is -3.12. The van der Waals surface area contributed by atoms with E-state index in [2.05, 4.69) is 34.9 Å². The quantitative estimate of drug-likeness (QED) is 0.731. The summed E-state index contributed by atoms with van der Waals surface area (Å²) in [4.78, 5) is 1.57. The molecule has 24 heavy (non-hydrogen) atoms. The number of halogens is 1. The molecule has 1 aliphatic heterocycles. The molecule has 0 saturated carbocycles. The Labute approximate surface area is 152 Å². The van der Waals surface area contributed by atoms with Gasteiger partial charge in [0.05, 0.1) is 23.9 Å². The van der Waals surface area contributed by atoms with Crippen molar-refractivity contribution < 1.29 is 9.64 Å². The summed E-state index contributed by atoms with van der Waals surface area (Å²) in [5.41, 5.74) is 3.08. The Bertz CT molecular complexity index is 687. The third-order valence-electron chi connectivity index (χ3n) is 3.99. The number of anilines is 2. The van der Waals surface area contributed by atoms with E-state index in [9.17, 15) is 0 Å². The largest absolute Gasteiger partial charge is 0.370 e. The van der Waals surface area contributed by atoms with Gasteiger partial charge < -0.3 is 20.3 Å². The Morgan fingerprint density at radius 3 is 2.46 bits per heavy atom. The second-order valence-corrected chi connectivity index (χ2v) is 6.61. The summed E-state index contributed by atoms with van der Waals surface area (Å²) in [6.45, 7) is 4.90. The average molecular weight is 363 g/mol. The molecule has 1 aliphatic rings. The number of hydrogen-bond donors (Lipinski definition) is 3. The van der Waals surface area contributed by atoms with Crippen molar-refractivity contribution in [2.45, 2.75) is 6.54 Å². The van der Waals surface area contributed by atoms with E-state index in [1.165, 1.54) is 5.56 Å². The van der Waals surface area contributed by atoms with E-state index >= 15 is 0 Å². The number of ether oxygens (including phenoxy) is 1. The summed E-state index contributed by atoms with van der Waals surface area (Å²) in [5, 5.41) is 7.46. The molecule has 0 unspecified atom stereocenters. The Morgan fingerprint density at radius 2 is 1.75 bits per heavy atom. The maximum Gasteiger partial charge on any atom is 0.175 e. The molecule has 0 radical (unpaired) electrons. The van der Waals surface area contributed by atoms with Crippen LogP contribution in [0.3, 0.4) is 0 Å². The van der Waals surface area contributed by atoms with E-state index in [-0.39, 0.29) is 0 Å². The number of rotatable bonds is 4. The van der Waals surface area contributed by atoms with E-state index in [0.29, 0.717) is 10.1 Å². The van der Waals surface area contributed by atoms with Gasteiger partial charge >= 0.3 is 0 Å². The third kappa shape index (κ3) is 4.92. The van der Waals surface area contributed by atoms with E-state index in [1.54, 1.807) is 4.90 Å². The van der Waals surface area contributed by atoms with Crippen LogP contribution in [0.4, 0.5) is 11.4 Å². The molecule has 0 atom stereocenters. The van der Waals surface area contributed by atoms with E-state index in [1.807, 2.05) is 24.3 Å². The molecule has 0 spiro atoms. The van der Waals surface area contributed by atoms with Gasteiger partial charge in [-0.25, -0.2) is 0 Å². The van der Waals surface area contributed by atoms with Crippen molar-refractivity contribution in [1.29, 1.82) is 0 Å². The second-order valence-electron chi connectivity index (χ2n) is 5.80. The van der Waals surface area contributed by atoms with Crippen LogP contribution in [0.5, 0.6) is 0 Å². The van der Waals surface area contributed by atoms with Crippen molar-refractivity contribution >= 4 is 40.3 Å². The van der Waals surface area contributed by atoms with Gasteiger partial charge in [0.15, 0.2) is 5.11 Å². The lowest BCUT2D eigenvalue weighted by atomic mass is 10.2. The lowest BCUT2D eigenvalue weighted by molar-refractivity contribution is -0.921. The van der Waals surface area contributed by atoms with Gasteiger partial charge in [0.25, 0.3) is 0 Å². The highest BCUT2D eigenvalue weighted by Crippen LogP contribution is 2.20. The number of benzene rings is 2. The van der Waals surface area contributed by atoms with Crippen molar-refractivity contribution in [2.75, 3.05) is 36.9 Å². The summed E-state index contributed by atoms with van der Waals surface area (Å²) in [7, 11) is 0. The minimum atomic E-state index is 0.523. The highest BCUT2D eigenvalue weighted by molar-refractivity contribution is 7.80. The zero-order valence-corrected chi connectivity index (χ0v) is 14.9. The normalized spacial score (nSPS) is 15.0. The van der Waals surface area contributed by atoms with Crippen LogP contribution >= 0.6 is 23.8 Å². The lowest BCUT2D eigenvalue weighted by Gasteiger charge is -2.23. The van der Waals surface area contributed by atoms with Gasteiger partial charge in [0.2, 0.25) is 0 Å². The molecule has 6 heteroatoms. The Kier molecular flexibility index (Phi) is 6.04. The fraction of sp³-hybridized carbons (Fsp3) is 0.278. The number of thiocarbonyl (C=S) groups is 1. The Hall–Kier alpha value is -1.66. The number of hydrogen-bond acceptors (Lipinski definition) is 2. The molecule has 0 bridgehead atoms.